The van der Waals surface area contributed by atoms with Crippen molar-refractivity contribution >= 4 is 25.8 Å². The third-order valence-electron chi connectivity index (χ3n) is 0.959. The van der Waals surface area contributed by atoms with Crippen molar-refractivity contribution < 1.29 is 8.42 Å². The van der Waals surface area contributed by atoms with Gasteiger partial charge in [-0.25, -0.2) is 8.42 Å². The molecule has 0 aromatic carbocycles. The van der Waals surface area contributed by atoms with Crippen LogP contribution in [0.2, 0.25) is 0 Å². The highest BCUT2D eigenvalue weighted by Crippen LogP contribution is 2.17. The topological polar surface area (TPSA) is 34.1 Å². The monoisotopic (exact) mass is 196 g/mol. The zero-order chi connectivity index (χ0) is 6.20. The highest BCUT2D eigenvalue weighted by molar-refractivity contribution is 9.11. The lowest BCUT2D eigenvalue weighted by atomic mass is 10.6. The SMILES string of the molecule is O=S1(=O)CC=CC1Br. The van der Waals surface area contributed by atoms with Crippen LogP contribution in [0, 0.1) is 0 Å². The maximum absolute atomic E-state index is 10.7. The van der Waals surface area contributed by atoms with Gasteiger partial charge < -0.3 is 0 Å². The lowest BCUT2D eigenvalue weighted by molar-refractivity contribution is 0.602. The molecule has 1 atom stereocenters. The first-order valence-corrected chi connectivity index (χ1v) is 4.78. The van der Waals surface area contributed by atoms with Gasteiger partial charge in [0.15, 0.2) is 9.84 Å². The fourth-order valence-electron chi connectivity index (χ4n) is 0.508. The Hall–Kier alpha value is 0.170. The zero-order valence-corrected chi connectivity index (χ0v) is 6.44. The first-order chi connectivity index (χ1) is 3.63. The lowest BCUT2D eigenvalue weighted by Gasteiger charge is -1.93. The molecule has 0 amide bonds. The minimum atomic E-state index is -2.82. The molecule has 1 rings (SSSR count). The van der Waals surface area contributed by atoms with Crippen LogP contribution in [-0.2, 0) is 9.84 Å². The second-order valence-corrected chi connectivity index (χ2v) is 5.37. The maximum atomic E-state index is 10.7. The maximum Gasteiger partial charge on any atom is 0.170 e. The Morgan fingerprint density at radius 1 is 1.62 bits per heavy atom. The predicted octanol–water partition coefficient (Wildman–Crippen LogP) is 0.692. The van der Waals surface area contributed by atoms with Crippen LogP contribution < -0.4 is 0 Å². The molecule has 0 saturated carbocycles. The van der Waals surface area contributed by atoms with Crippen molar-refractivity contribution in [1.82, 2.24) is 0 Å². The summed E-state index contributed by atoms with van der Waals surface area (Å²) >= 11 is 2.98. The van der Waals surface area contributed by atoms with Crippen LogP contribution in [0.5, 0.6) is 0 Å². The van der Waals surface area contributed by atoms with Crippen molar-refractivity contribution in [3.8, 4) is 0 Å². The summed E-state index contributed by atoms with van der Waals surface area (Å²) in [5, 5.41) is 0. The molecule has 0 aliphatic carbocycles. The zero-order valence-electron chi connectivity index (χ0n) is 4.04. The number of hydrogen-bond acceptors (Lipinski definition) is 2. The van der Waals surface area contributed by atoms with Gasteiger partial charge in [-0.05, 0) is 0 Å². The Balaban J connectivity index is 2.96. The van der Waals surface area contributed by atoms with Gasteiger partial charge in [0.1, 0.15) is 4.16 Å². The van der Waals surface area contributed by atoms with E-state index in [9.17, 15) is 8.42 Å². The van der Waals surface area contributed by atoms with E-state index in [2.05, 4.69) is 15.9 Å². The van der Waals surface area contributed by atoms with E-state index >= 15 is 0 Å². The fourth-order valence-corrected chi connectivity index (χ4v) is 2.10. The molecule has 4 heteroatoms. The third-order valence-corrected chi connectivity index (χ3v) is 4.47. The quantitative estimate of drug-likeness (QED) is 0.423. The largest absolute Gasteiger partial charge is 0.227 e. The number of sulfone groups is 1. The van der Waals surface area contributed by atoms with Crippen molar-refractivity contribution in [3.05, 3.63) is 12.2 Å². The Morgan fingerprint density at radius 3 is 2.38 bits per heavy atom. The van der Waals surface area contributed by atoms with Crippen LogP contribution in [-0.4, -0.2) is 18.3 Å². The Bertz CT molecular complexity index is 204. The normalized spacial score (nSPS) is 33.4. The van der Waals surface area contributed by atoms with Crippen LogP contribution in [0.1, 0.15) is 0 Å². The average Bonchev–Trinajstić information content (AvgIpc) is 1.86. The first-order valence-electron chi connectivity index (χ1n) is 2.15. The van der Waals surface area contributed by atoms with Gasteiger partial charge in [0, 0.05) is 0 Å². The molecule has 0 aromatic heterocycles. The predicted molar refractivity (Wildman–Crippen MR) is 35.6 cm³/mol. The summed E-state index contributed by atoms with van der Waals surface area (Å²) in [5.41, 5.74) is 0. The van der Waals surface area contributed by atoms with Gasteiger partial charge in [0.05, 0.1) is 5.75 Å². The van der Waals surface area contributed by atoms with E-state index in [1.54, 1.807) is 12.2 Å². The van der Waals surface area contributed by atoms with Crippen molar-refractivity contribution in [2.24, 2.45) is 0 Å². The lowest BCUT2D eigenvalue weighted by Crippen LogP contribution is -2.08. The van der Waals surface area contributed by atoms with E-state index in [-0.39, 0.29) is 5.75 Å². The Morgan fingerprint density at radius 2 is 2.25 bits per heavy atom. The van der Waals surface area contributed by atoms with Gasteiger partial charge in [0.2, 0.25) is 0 Å². The van der Waals surface area contributed by atoms with Gasteiger partial charge >= 0.3 is 0 Å². The minimum absolute atomic E-state index is 0.183. The molecule has 0 N–H and O–H groups in total. The molecule has 46 valence electrons. The highest BCUT2D eigenvalue weighted by atomic mass is 79.9. The summed E-state index contributed by atoms with van der Waals surface area (Å²) in [7, 11) is -2.82. The molecule has 0 bridgehead atoms. The second-order valence-electron chi connectivity index (χ2n) is 1.61. The molecule has 1 unspecified atom stereocenters. The van der Waals surface area contributed by atoms with Crippen LogP contribution >= 0.6 is 15.9 Å². The van der Waals surface area contributed by atoms with Crippen LogP contribution in [0.25, 0.3) is 0 Å². The average molecular weight is 197 g/mol. The number of hydrogen-bond donors (Lipinski definition) is 0. The van der Waals surface area contributed by atoms with Crippen molar-refractivity contribution in [2.45, 2.75) is 4.16 Å². The third kappa shape index (κ3) is 0.951. The molecule has 0 aromatic rings. The van der Waals surface area contributed by atoms with Crippen LogP contribution in [0.4, 0.5) is 0 Å². The summed E-state index contributed by atoms with van der Waals surface area (Å²) in [6.07, 6.45) is 3.28. The first kappa shape index (κ1) is 6.29. The Kier molecular flexibility index (Phi) is 1.45. The van der Waals surface area contributed by atoms with Gasteiger partial charge in [-0.1, -0.05) is 28.1 Å². The van der Waals surface area contributed by atoms with Crippen LogP contribution in [0.3, 0.4) is 0 Å². The molecule has 0 fully saturated rings. The summed E-state index contributed by atoms with van der Waals surface area (Å²) in [6.45, 7) is 0. The second kappa shape index (κ2) is 1.84. The number of alkyl halides is 1. The molecule has 0 radical (unpaired) electrons. The van der Waals surface area contributed by atoms with Gasteiger partial charge in [0.25, 0.3) is 0 Å². The summed E-state index contributed by atoms with van der Waals surface area (Å²) in [4.78, 5) is 0. The molecule has 8 heavy (non-hydrogen) atoms. The van der Waals surface area contributed by atoms with E-state index in [1.165, 1.54) is 0 Å². The molecule has 2 nitrogen and oxygen atoms in total. The molecule has 0 spiro atoms. The molecule has 1 aliphatic rings. The van der Waals surface area contributed by atoms with E-state index in [0.717, 1.165) is 0 Å². The number of rotatable bonds is 0. The van der Waals surface area contributed by atoms with Gasteiger partial charge in [-0.3, -0.25) is 0 Å². The summed E-state index contributed by atoms with van der Waals surface area (Å²) in [6, 6.07) is 0. The van der Waals surface area contributed by atoms with Crippen LogP contribution in [0.15, 0.2) is 12.2 Å². The highest BCUT2D eigenvalue weighted by Gasteiger charge is 2.22. The Labute approximate surface area is 56.6 Å². The van der Waals surface area contributed by atoms with Crippen molar-refractivity contribution in [3.63, 3.8) is 0 Å². The molecule has 1 heterocycles. The summed E-state index contributed by atoms with van der Waals surface area (Å²) < 4.78 is 20.9. The van der Waals surface area contributed by atoms with Gasteiger partial charge in [-0.2, -0.15) is 0 Å². The number of halogens is 1. The van der Waals surface area contributed by atoms with E-state index in [0.29, 0.717) is 0 Å². The molecular weight excluding hydrogens is 192 g/mol. The van der Waals surface area contributed by atoms with E-state index in [4.69, 9.17) is 0 Å². The standard InChI is InChI=1S/C4H5BrO2S/c5-4-2-1-3-8(4,6)7/h1-2,4H,3H2. The summed E-state index contributed by atoms with van der Waals surface area (Å²) in [5.74, 6) is 0.183. The van der Waals surface area contributed by atoms with E-state index < -0.39 is 14.0 Å². The smallest absolute Gasteiger partial charge is 0.170 e. The van der Waals surface area contributed by atoms with Crippen molar-refractivity contribution in [1.29, 1.82) is 0 Å². The van der Waals surface area contributed by atoms with E-state index in [1.807, 2.05) is 0 Å². The van der Waals surface area contributed by atoms with Crippen molar-refractivity contribution in [2.75, 3.05) is 5.75 Å². The minimum Gasteiger partial charge on any atom is -0.227 e. The van der Waals surface area contributed by atoms with Gasteiger partial charge in [-0.15, -0.1) is 0 Å². The molecule has 1 aliphatic heterocycles. The molecule has 0 saturated heterocycles. The molecular formula is C4H5BrO2S. The fraction of sp³-hybridized carbons (Fsp3) is 0.500.